The number of halogens is 1. The van der Waals surface area contributed by atoms with Crippen molar-refractivity contribution in [1.82, 2.24) is 0 Å². The molecule has 2 aromatic carbocycles. The highest BCUT2D eigenvalue weighted by atomic mass is 79.9. The quantitative estimate of drug-likeness (QED) is 0.795. The van der Waals surface area contributed by atoms with E-state index >= 15 is 0 Å². The highest BCUT2D eigenvalue weighted by Gasteiger charge is 2.17. The van der Waals surface area contributed by atoms with E-state index in [0.717, 1.165) is 5.56 Å². The number of aryl methyl sites for hydroxylation is 1. The minimum Gasteiger partial charge on any atom is -0.375 e. The largest absolute Gasteiger partial charge is 0.375 e. The Bertz CT molecular complexity index is 783. The van der Waals surface area contributed by atoms with E-state index in [0.29, 0.717) is 4.47 Å². The Kier molecular flexibility index (Phi) is 4.25. The smallest absolute Gasteiger partial charge is 0.339 e. The molecule has 0 radical (unpaired) electrons. The second kappa shape index (κ2) is 5.76. The van der Waals surface area contributed by atoms with Gasteiger partial charge < -0.3 is 4.18 Å². The van der Waals surface area contributed by atoms with Crippen LogP contribution in [-0.2, 0) is 10.1 Å². The molecular formula is C14H11BrO4S. The van der Waals surface area contributed by atoms with Crippen molar-refractivity contribution >= 4 is 26.0 Å². The number of hydrogen-bond acceptors (Lipinski definition) is 4. The molecule has 0 N–H and O–H groups in total. The molecule has 0 bridgehead atoms. The molecular weight excluding hydrogens is 344 g/mol. The van der Waals surface area contributed by atoms with Crippen molar-refractivity contribution in [1.29, 1.82) is 0 Å². The van der Waals surface area contributed by atoms with Crippen LogP contribution in [0, 0.1) is 6.92 Å². The zero-order valence-corrected chi connectivity index (χ0v) is 12.9. The average Bonchev–Trinajstić information content (AvgIpc) is 2.51. The van der Waals surface area contributed by atoms with Crippen molar-refractivity contribution in [2.75, 3.05) is 0 Å². The SMILES string of the molecule is Cc1ccc(S(=O)(=O)Oc2cccc(Br)cc2=O)cc1. The standard InChI is InChI=1S/C14H11BrO4S/c1-10-5-7-12(8-6-10)20(17,18)19-14-4-2-3-11(15)9-13(14)16/h2-9H,1H3. The van der Waals surface area contributed by atoms with E-state index in [1.165, 1.54) is 30.3 Å². The third kappa shape index (κ3) is 3.46. The average molecular weight is 355 g/mol. The third-order valence-electron chi connectivity index (χ3n) is 2.52. The van der Waals surface area contributed by atoms with Gasteiger partial charge in [0.25, 0.3) is 0 Å². The normalized spacial score (nSPS) is 11.1. The lowest BCUT2D eigenvalue weighted by molar-refractivity contribution is 0.484. The monoisotopic (exact) mass is 354 g/mol. The molecule has 0 atom stereocenters. The zero-order valence-electron chi connectivity index (χ0n) is 10.5. The third-order valence-corrected chi connectivity index (χ3v) is 4.27. The summed E-state index contributed by atoms with van der Waals surface area (Å²) in [6, 6.07) is 11.9. The predicted molar refractivity (Wildman–Crippen MR) is 79.4 cm³/mol. The van der Waals surface area contributed by atoms with Crippen molar-refractivity contribution < 1.29 is 12.6 Å². The van der Waals surface area contributed by atoms with Gasteiger partial charge in [0, 0.05) is 10.5 Å². The van der Waals surface area contributed by atoms with Crippen molar-refractivity contribution in [2.45, 2.75) is 11.8 Å². The molecule has 0 aromatic heterocycles. The van der Waals surface area contributed by atoms with Gasteiger partial charge in [-0.3, -0.25) is 4.79 Å². The van der Waals surface area contributed by atoms with E-state index in [1.54, 1.807) is 18.2 Å². The number of rotatable bonds is 3. The molecule has 4 nitrogen and oxygen atoms in total. The highest BCUT2D eigenvalue weighted by molar-refractivity contribution is 9.10. The van der Waals surface area contributed by atoms with Gasteiger partial charge in [-0.2, -0.15) is 8.42 Å². The maximum atomic E-state index is 12.1. The molecule has 0 aliphatic rings. The topological polar surface area (TPSA) is 60.4 Å². The molecule has 104 valence electrons. The first-order chi connectivity index (χ1) is 9.38. The molecule has 0 spiro atoms. The van der Waals surface area contributed by atoms with Gasteiger partial charge in [0.2, 0.25) is 5.43 Å². The van der Waals surface area contributed by atoms with Crippen molar-refractivity contribution in [3.63, 3.8) is 0 Å². The van der Waals surface area contributed by atoms with Gasteiger partial charge in [0.1, 0.15) is 4.90 Å². The first kappa shape index (κ1) is 14.7. The Morgan fingerprint density at radius 1 is 1.05 bits per heavy atom. The molecule has 0 saturated heterocycles. The Hall–Kier alpha value is -1.66. The molecule has 6 heteroatoms. The molecule has 0 heterocycles. The number of hydrogen-bond donors (Lipinski definition) is 0. The van der Waals surface area contributed by atoms with Crippen LogP contribution in [0.2, 0.25) is 0 Å². The maximum absolute atomic E-state index is 12.1. The highest BCUT2D eigenvalue weighted by Crippen LogP contribution is 2.16. The summed E-state index contributed by atoms with van der Waals surface area (Å²) >= 11 is 3.15. The summed E-state index contributed by atoms with van der Waals surface area (Å²) in [5.74, 6) is -0.240. The van der Waals surface area contributed by atoms with E-state index in [4.69, 9.17) is 4.18 Å². The molecule has 0 aliphatic heterocycles. The molecule has 0 aliphatic carbocycles. The van der Waals surface area contributed by atoms with Gasteiger partial charge in [-0.05, 0) is 31.2 Å². The van der Waals surface area contributed by atoms with Crippen LogP contribution in [-0.4, -0.2) is 8.42 Å². The lowest BCUT2D eigenvalue weighted by atomic mass is 10.2. The minimum absolute atomic E-state index is 0.00747. The Morgan fingerprint density at radius 2 is 1.70 bits per heavy atom. The van der Waals surface area contributed by atoms with Crippen LogP contribution >= 0.6 is 15.9 Å². The summed E-state index contributed by atoms with van der Waals surface area (Å²) in [4.78, 5) is 11.8. The summed E-state index contributed by atoms with van der Waals surface area (Å²) in [5.41, 5.74) is 0.418. The maximum Gasteiger partial charge on any atom is 0.339 e. The van der Waals surface area contributed by atoms with Gasteiger partial charge in [0.05, 0.1) is 0 Å². The fourth-order valence-electron chi connectivity index (χ4n) is 1.49. The van der Waals surface area contributed by atoms with Gasteiger partial charge in [-0.1, -0.05) is 39.7 Å². The van der Waals surface area contributed by atoms with Crippen LogP contribution in [0.1, 0.15) is 5.56 Å². The Balaban J connectivity index is 2.41. The minimum atomic E-state index is -4.01. The van der Waals surface area contributed by atoms with E-state index in [2.05, 4.69) is 15.9 Å². The molecule has 2 aromatic rings. The zero-order chi connectivity index (χ0) is 14.8. The van der Waals surface area contributed by atoms with Gasteiger partial charge in [-0.15, -0.1) is 0 Å². The first-order valence-corrected chi connectivity index (χ1v) is 7.90. The van der Waals surface area contributed by atoms with E-state index < -0.39 is 15.5 Å². The fourth-order valence-corrected chi connectivity index (χ4v) is 2.79. The summed E-state index contributed by atoms with van der Waals surface area (Å²) in [6.07, 6.45) is 0. The van der Waals surface area contributed by atoms with Crippen molar-refractivity contribution in [3.8, 4) is 5.75 Å². The molecule has 0 unspecified atom stereocenters. The van der Waals surface area contributed by atoms with Crippen LogP contribution in [0.25, 0.3) is 0 Å². The van der Waals surface area contributed by atoms with Crippen LogP contribution in [0.15, 0.2) is 62.7 Å². The van der Waals surface area contributed by atoms with Crippen LogP contribution in [0.3, 0.4) is 0 Å². The van der Waals surface area contributed by atoms with E-state index in [-0.39, 0.29) is 10.6 Å². The second-order valence-electron chi connectivity index (χ2n) is 4.13. The summed E-state index contributed by atoms with van der Waals surface area (Å²) < 4.78 is 29.6. The van der Waals surface area contributed by atoms with Gasteiger partial charge >= 0.3 is 10.1 Å². The Labute approximate surface area is 125 Å². The second-order valence-corrected chi connectivity index (χ2v) is 6.60. The Morgan fingerprint density at radius 3 is 2.35 bits per heavy atom. The lowest BCUT2D eigenvalue weighted by Crippen LogP contribution is -2.14. The summed E-state index contributed by atoms with van der Waals surface area (Å²) in [5, 5.41) is 0. The van der Waals surface area contributed by atoms with Crippen molar-refractivity contribution in [3.05, 3.63) is 68.8 Å². The van der Waals surface area contributed by atoms with Crippen LogP contribution < -0.4 is 9.61 Å². The fraction of sp³-hybridized carbons (Fsp3) is 0.0714. The summed E-state index contributed by atoms with van der Waals surface area (Å²) in [7, 11) is -4.01. The van der Waals surface area contributed by atoms with Crippen LogP contribution in [0.4, 0.5) is 0 Å². The molecule has 0 fully saturated rings. The van der Waals surface area contributed by atoms with Crippen molar-refractivity contribution in [2.24, 2.45) is 0 Å². The van der Waals surface area contributed by atoms with E-state index in [1.807, 2.05) is 6.92 Å². The first-order valence-electron chi connectivity index (χ1n) is 5.69. The lowest BCUT2D eigenvalue weighted by Gasteiger charge is -2.05. The molecule has 0 amide bonds. The van der Waals surface area contributed by atoms with Gasteiger partial charge in [0.15, 0.2) is 5.75 Å². The van der Waals surface area contributed by atoms with E-state index in [9.17, 15) is 13.2 Å². The molecule has 0 saturated carbocycles. The number of benzene rings is 1. The van der Waals surface area contributed by atoms with Crippen LogP contribution in [0.5, 0.6) is 5.75 Å². The molecule has 20 heavy (non-hydrogen) atoms. The predicted octanol–water partition coefficient (Wildman–Crippen LogP) is 2.89. The summed E-state index contributed by atoms with van der Waals surface area (Å²) in [6.45, 7) is 1.85. The van der Waals surface area contributed by atoms with Gasteiger partial charge in [-0.25, -0.2) is 0 Å². The molecule has 2 rings (SSSR count).